The number of amides is 2. The number of rotatable bonds is 14. The van der Waals surface area contributed by atoms with Crippen molar-refractivity contribution in [1.82, 2.24) is 10.7 Å². The Hall–Kier alpha value is -4.00. The van der Waals surface area contributed by atoms with E-state index in [4.69, 9.17) is 4.74 Å². The molecule has 0 atom stereocenters. The molecule has 0 unspecified atom stereocenters. The summed E-state index contributed by atoms with van der Waals surface area (Å²) in [5.41, 5.74) is 3.62. The van der Waals surface area contributed by atoms with Gasteiger partial charge in [0.05, 0.1) is 18.3 Å². The van der Waals surface area contributed by atoms with Crippen molar-refractivity contribution in [2.24, 2.45) is 5.10 Å². The number of fused-ring (bicyclic) bond motifs is 1. The van der Waals surface area contributed by atoms with Crippen LogP contribution in [-0.4, -0.2) is 30.5 Å². The van der Waals surface area contributed by atoms with Crippen molar-refractivity contribution >= 4 is 34.8 Å². The van der Waals surface area contributed by atoms with Gasteiger partial charge < -0.3 is 10.1 Å². The summed E-state index contributed by atoms with van der Waals surface area (Å²) >= 11 is 0. The molecule has 0 aliphatic carbocycles. The lowest BCUT2D eigenvalue weighted by molar-refractivity contribution is -0.126. The first-order chi connectivity index (χ1) is 18.1. The zero-order valence-electron chi connectivity index (χ0n) is 21.4. The summed E-state index contributed by atoms with van der Waals surface area (Å²) in [7, 11) is 0. The third-order valence-electron chi connectivity index (χ3n) is 5.96. The molecule has 37 heavy (non-hydrogen) atoms. The second-order valence-electron chi connectivity index (χ2n) is 8.93. The van der Waals surface area contributed by atoms with E-state index >= 15 is 0 Å². The molecule has 0 saturated carbocycles. The Morgan fingerprint density at radius 1 is 0.811 bits per heavy atom. The van der Waals surface area contributed by atoms with E-state index in [-0.39, 0.29) is 12.5 Å². The lowest BCUT2D eigenvalue weighted by Gasteiger charge is -2.07. The molecule has 7 nitrogen and oxygen atoms in total. The van der Waals surface area contributed by atoms with Gasteiger partial charge in [-0.05, 0) is 53.1 Å². The first-order valence-corrected chi connectivity index (χ1v) is 13.0. The number of hydrogen-bond donors (Lipinski definition) is 2. The smallest absolute Gasteiger partial charge is 0.344 e. The van der Waals surface area contributed by atoms with Crippen molar-refractivity contribution < 1.29 is 19.1 Å². The predicted octanol–water partition coefficient (Wildman–Crippen LogP) is 5.77. The van der Waals surface area contributed by atoms with E-state index in [1.54, 1.807) is 30.3 Å². The summed E-state index contributed by atoms with van der Waals surface area (Å²) in [6, 6.07) is 20.0. The normalized spacial score (nSPS) is 10.9. The van der Waals surface area contributed by atoms with Crippen LogP contribution in [-0.2, 0) is 9.59 Å². The van der Waals surface area contributed by atoms with Crippen LogP contribution in [0.2, 0.25) is 0 Å². The monoisotopic (exact) mass is 501 g/mol. The van der Waals surface area contributed by atoms with E-state index in [9.17, 15) is 14.4 Å². The summed E-state index contributed by atoms with van der Waals surface area (Å²) in [5, 5.41) is 8.35. The van der Waals surface area contributed by atoms with E-state index in [2.05, 4.69) is 22.8 Å². The molecule has 0 spiro atoms. The van der Waals surface area contributed by atoms with Crippen LogP contribution >= 0.6 is 0 Å². The Kier molecular flexibility index (Phi) is 11.3. The summed E-state index contributed by atoms with van der Waals surface area (Å²) in [6.45, 7) is 2.08. The molecule has 3 rings (SSSR count). The van der Waals surface area contributed by atoms with E-state index in [1.165, 1.54) is 31.9 Å². The average molecular weight is 502 g/mol. The zero-order valence-corrected chi connectivity index (χ0v) is 21.4. The SMILES string of the molecule is CCCCCCCCCC(=O)NCC(=O)N/N=C\c1ccc(OC(=O)c2cccc3ccccc23)cc1. The van der Waals surface area contributed by atoms with Crippen molar-refractivity contribution in [1.29, 1.82) is 0 Å². The van der Waals surface area contributed by atoms with Crippen molar-refractivity contribution in [3.8, 4) is 5.75 Å². The van der Waals surface area contributed by atoms with Crippen LogP contribution in [0.1, 0.15) is 74.2 Å². The number of hydrogen-bond acceptors (Lipinski definition) is 5. The third kappa shape index (κ3) is 9.52. The number of carbonyl (C=O) groups is 3. The van der Waals surface area contributed by atoms with Crippen molar-refractivity contribution in [2.45, 2.75) is 58.3 Å². The van der Waals surface area contributed by atoms with Gasteiger partial charge in [-0.3, -0.25) is 9.59 Å². The molecule has 0 heterocycles. The molecule has 2 amide bonds. The van der Waals surface area contributed by atoms with E-state index in [1.807, 2.05) is 36.4 Å². The van der Waals surface area contributed by atoms with E-state index in [0.717, 1.165) is 30.0 Å². The maximum atomic E-state index is 12.7. The van der Waals surface area contributed by atoms with Gasteiger partial charge in [0.2, 0.25) is 5.91 Å². The highest BCUT2D eigenvalue weighted by molar-refractivity contribution is 6.05. The highest BCUT2D eigenvalue weighted by atomic mass is 16.5. The summed E-state index contributed by atoms with van der Waals surface area (Å²) < 4.78 is 5.52. The first-order valence-electron chi connectivity index (χ1n) is 13.0. The third-order valence-corrected chi connectivity index (χ3v) is 5.96. The number of hydrazone groups is 1. The number of esters is 1. The fraction of sp³-hybridized carbons (Fsp3) is 0.333. The number of unbranched alkanes of at least 4 members (excludes halogenated alkanes) is 6. The second kappa shape index (κ2) is 15.2. The molecular formula is C30H35N3O4. The maximum absolute atomic E-state index is 12.7. The lowest BCUT2D eigenvalue weighted by Crippen LogP contribution is -2.34. The quantitative estimate of drug-likeness (QED) is 0.0964. The highest BCUT2D eigenvalue weighted by Gasteiger charge is 2.12. The Bertz CT molecular complexity index is 1200. The average Bonchev–Trinajstić information content (AvgIpc) is 2.92. The second-order valence-corrected chi connectivity index (χ2v) is 8.93. The van der Waals surface area contributed by atoms with Crippen molar-refractivity contribution in [2.75, 3.05) is 6.54 Å². The van der Waals surface area contributed by atoms with Crippen LogP contribution in [0.15, 0.2) is 71.8 Å². The molecule has 3 aromatic rings. The van der Waals surface area contributed by atoms with E-state index in [0.29, 0.717) is 23.3 Å². The lowest BCUT2D eigenvalue weighted by atomic mass is 10.0. The fourth-order valence-electron chi connectivity index (χ4n) is 3.92. The minimum absolute atomic E-state index is 0.115. The number of ether oxygens (including phenoxy) is 1. The van der Waals surface area contributed by atoms with Crippen LogP contribution in [0.25, 0.3) is 10.8 Å². The summed E-state index contributed by atoms with van der Waals surface area (Å²) in [4.78, 5) is 36.5. The molecule has 7 heteroatoms. The highest BCUT2D eigenvalue weighted by Crippen LogP contribution is 2.21. The molecule has 194 valence electrons. The van der Waals surface area contributed by atoms with Gasteiger partial charge in [-0.25, -0.2) is 10.2 Å². The van der Waals surface area contributed by atoms with Crippen LogP contribution in [0.5, 0.6) is 5.75 Å². The van der Waals surface area contributed by atoms with Gasteiger partial charge in [0.25, 0.3) is 5.91 Å². The Labute approximate surface area is 218 Å². The number of nitrogens with one attached hydrogen (secondary N) is 2. The van der Waals surface area contributed by atoms with Gasteiger partial charge in [0, 0.05) is 6.42 Å². The summed E-state index contributed by atoms with van der Waals surface area (Å²) in [6.07, 6.45) is 9.91. The first kappa shape index (κ1) is 27.6. The largest absolute Gasteiger partial charge is 0.423 e. The maximum Gasteiger partial charge on any atom is 0.344 e. The summed E-state index contributed by atoms with van der Waals surface area (Å²) in [5.74, 6) is -0.548. The Morgan fingerprint density at radius 3 is 2.30 bits per heavy atom. The van der Waals surface area contributed by atoms with Gasteiger partial charge >= 0.3 is 5.97 Å². The van der Waals surface area contributed by atoms with Crippen molar-refractivity contribution in [3.63, 3.8) is 0 Å². The van der Waals surface area contributed by atoms with Gasteiger partial charge in [0.1, 0.15) is 5.75 Å². The molecule has 0 fully saturated rings. The Balaban J connectivity index is 1.36. The topological polar surface area (TPSA) is 96.9 Å². The van der Waals surface area contributed by atoms with Crippen LogP contribution in [0, 0.1) is 0 Å². The molecule has 2 N–H and O–H groups in total. The Morgan fingerprint density at radius 2 is 1.51 bits per heavy atom. The zero-order chi connectivity index (χ0) is 26.3. The van der Waals surface area contributed by atoms with Gasteiger partial charge in [-0.2, -0.15) is 5.10 Å². The number of carbonyl (C=O) groups excluding carboxylic acids is 3. The number of benzene rings is 3. The van der Waals surface area contributed by atoms with Gasteiger partial charge in [-0.1, -0.05) is 81.8 Å². The minimum Gasteiger partial charge on any atom is -0.423 e. The number of nitrogens with zero attached hydrogens (tertiary/aromatic N) is 1. The molecule has 0 bridgehead atoms. The molecule has 0 aliphatic heterocycles. The van der Waals surface area contributed by atoms with Crippen molar-refractivity contribution in [3.05, 3.63) is 77.9 Å². The molecule has 0 saturated heterocycles. The molecule has 3 aromatic carbocycles. The molecule has 0 aromatic heterocycles. The molecule has 0 radical (unpaired) electrons. The van der Waals surface area contributed by atoms with Gasteiger partial charge in [-0.15, -0.1) is 0 Å². The minimum atomic E-state index is -0.431. The van der Waals surface area contributed by atoms with Crippen LogP contribution in [0.4, 0.5) is 0 Å². The molecular weight excluding hydrogens is 466 g/mol. The predicted molar refractivity (Wildman–Crippen MR) is 147 cm³/mol. The fourth-order valence-corrected chi connectivity index (χ4v) is 3.92. The van der Waals surface area contributed by atoms with E-state index < -0.39 is 11.9 Å². The standard InChI is InChI=1S/C30H35N3O4/c1-2-3-4-5-6-7-8-16-28(34)31-22-29(35)33-32-21-23-17-19-25(20-18-23)37-30(36)27-15-11-13-24-12-9-10-14-26(24)27/h9-15,17-21H,2-8,16,22H2,1H3,(H,31,34)(H,33,35)/b32-21-. The van der Waals surface area contributed by atoms with Crippen LogP contribution < -0.4 is 15.5 Å². The van der Waals surface area contributed by atoms with Gasteiger partial charge in [0.15, 0.2) is 0 Å². The molecule has 0 aliphatic rings. The van der Waals surface area contributed by atoms with Crippen LogP contribution in [0.3, 0.4) is 0 Å².